The van der Waals surface area contributed by atoms with Gasteiger partial charge in [0.2, 0.25) is 0 Å². The summed E-state index contributed by atoms with van der Waals surface area (Å²) in [6.07, 6.45) is 4.08. The first-order valence-electron chi connectivity index (χ1n) is 6.04. The van der Waals surface area contributed by atoms with Crippen LogP contribution in [0.3, 0.4) is 0 Å². The van der Waals surface area contributed by atoms with Crippen LogP contribution in [0.2, 0.25) is 0 Å². The number of rotatable bonds is 3. The van der Waals surface area contributed by atoms with Crippen molar-refractivity contribution in [2.24, 2.45) is 0 Å². The van der Waals surface area contributed by atoms with Crippen LogP contribution in [0, 0.1) is 10.5 Å². The summed E-state index contributed by atoms with van der Waals surface area (Å²) in [4.78, 5) is 4.53. The molecule has 3 nitrogen and oxygen atoms in total. The number of nitrogens with zero attached hydrogens (tertiary/aromatic N) is 2. The van der Waals surface area contributed by atoms with E-state index in [1.807, 2.05) is 40.9 Å². The van der Waals surface area contributed by atoms with Crippen LogP contribution >= 0.6 is 22.6 Å². The molecule has 0 unspecified atom stereocenters. The van der Waals surface area contributed by atoms with Crippen molar-refractivity contribution >= 4 is 28.2 Å². The lowest BCUT2D eigenvalue weighted by molar-refractivity contribution is 0.300. The van der Waals surface area contributed by atoms with E-state index in [0.29, 0.717) is 6.61 Å². The lowest BCUT2D eigenvalue weighted by Gasteiger charge is -2.05. The molecule has 0 aliphatic carbocycles. The second kappa shape index (κ2) is 5.21. The summed E-state index contributed by atoms with van der Waals surface area (Å²) in [5.41, 5.74) is 3.10. The van der Waals surface area contributed by atoms with Gasteiger partial charge in [-0.2, -0.15) is 0 Å². The van der Waals surface area contributed by atoms with Crippen LogP contribution in [0.15, 0.2) is 48.8 Å². The van der Waals surface area contributed by atoms with E-state index in [9.17, 15) is 0 Å². The van der Waals surface area contributed by atoms with E-state index in [1.165, 1.54) is 5.56 Å². The predicted octanol–water partition coefficient (Wildman–Crippen LogP) is 3.83. The van der Waals surface area contributed by atoms with Gasteiger partial charge in [-0.1, -0.05) is 18.2 Å². The number of imidazole rings is 1. The van der Waals surface area contributed by atoms with Crippen LogP contribution in [0.25, 0.3) is 5.65 Å². The maximum Gasteiger partial charge on any atom is 0.137 e. The molecule has 3 aromatic rings. The van der Waals surface area contributed by atoms with Crippen molar-refractivity contribution in [3.05, 3.63) is 63.6 Å². The largest absolute Gasteiger partial charge is 0.486 e. The lowest BCUT2D eigenvalue weighted by atomic mass is 10.3. The van der Waals surface area contributed by atoms with Crippen molar-refractivity contribution in [1.82, 2.24) is 9.38 Å². The standard InChI is InChI=1S/C15H13IN2O/c1-11-6-7-15-17-12(9-18(15)8-11)10-19-14-5-3-2-4-13(14)16/h2-9H,10H2,1H3. The Bertz CT molecular complexity index is 721. The maximum absolute atomic E-state index is 5.80. The zero-order valence-corrected chi connectivity index (χ0v) is 12.7. The predicted molar refractivity (Wildman–Crippen MR) is 83.4 cm³/mol. The number of benzene rings is 1. The number of aryl methyl sites for hydroxylation is 1. The van der Waals surface area contributed by atoms with Crippen LogP contribution in [0.5, 0.6) is 5.75 Å². The van der Waals surface area contributed by atoms with Crippen molar-refractivity contribution in [1.29, 1.82) is 0 Å². The lowest BCUT2D eigenvalue weighted by Crippen LogP contribution is -1.96. The zero-order chi connectivity index (χ0) is 13.2. The van der Waals surface area contributed by atoms with Gasteiger partial charge in [-0.3, -0.25) is 0 Å². The molecule has 0 N–H and O–H groups in total. The van der Waals surface area contributed by atoms with Gasteiger partial charge in [0.05, 0.1) is 9.26 Å². The molecule has 0 saturated carbocycles. The van der Waals surface area contributed by atoms with Gasteiger partial charge in [0.15, 0.2) is 0 Å². The minimum absolute atomic E-state index is 0.487. The summed E-state index contributed by atoms with van der Waals surface area (Å²) in [5.74, 6) is 0.899. The first kappa shape index (κ1) is 12.5. The molecule has 0 aliphatic rings. The number of pyridine rings is 1. The Labute approximate surface area is 125 Å². The number of para-hydroxylation sites is 1. The Kier molecular flexibility index (Phi) is 3.42. The number of aromatic nitrogens is 2. The fourth-order valence-corrected chi connectivity index (χ4v) is 2.48. The molecular formula is C15H13IN2O. The van der Waals surface area contributed by atoms with Crippen LogP contribution in [0.1, 0.15) is 11.3 Å². The molecule has 19 heavy (non-hydrogen) atoms. The highest BCUT2D eigenvalue weighted by Crippen LogP contribution is 2.20. The third-order valence-electron chi connectivity index (χ3n) is 2.86. The van der Waals surface area contributed by atoms with Gasteiger partial charge in [-0.15, -0.1) is 0 Å². The van der Waals surface area contributed by atoms with Crippen LogP contribution in [-0.2, 0) is 6.61 Å². The van der Waals surface area contributed by atoms with E-state index in [-0.39, 0.29) is 0 Å². The normalized spacial score (nSPS) is 10.8. The third-order valence-corrected chi connectivity index (χ3v) is 3.75. The van der Waals surface area contributed by atoms with Crippen molar-refractivity contribution in [2.45, 2.75) is 13.5 Å². The molecule has 3 rings (SSSR count). The summed E-state index contributed by atoms with van der Waals surface area (Å²) < 4.78 is 8.94. The summed E-state index contributed by atoms with van der Waals surface area (Å²) in [6, 6.07) is 12.1. The number of ether oxygens (including phenoxy) is 1. The van der Waals surface area contributed by atoms with Gasteiger partial charge in [0.1, 0.15) is 18.0 Å². The molecule has 1 aromatic carbocycles. The number of halogens is 1. The van der Waals surface area contributed by atoms with Crippen molar-refractivity contribution < 1.29 is 4.74 Å². The van der Waals surface area contributed by atoms with Gasteiger partial charge < -0.3 is 9.14 Å². The minimum Gasteiger partial charge on any atom is -0.486 e. The highest BCUT2D eigenvalue weighted by molar-refractivity contribution is 14.1. The average Bonchev–Trinajstić information content (AvgIpc) is 2.79. The fourth-order valence-electron chi connectivity index (χ4n) is 1.94. The maximum atomic E-state index is 5.80. The summed E-state index contributed by atoms with van der Waals surface area (Å²) in [5, 5.41) is 0. The van der Waals surface area contributed by atoms with Gasteiger partial charge in [0.25, 0.3) is 0 Å². The highest BCUT2D eigenvalue weighted by atomic mass is 127. The molecular weight excluding hydrogens is 351 g/mol. The Balaban J connectivity index is 1.80. The number of hydrogen-bond acceptors (Lipinski definition) is 2. The van der Waals surface area contributed by atoms with E-state index in [2.05, 4.69) is 46.8 Å². The monoisotopic (exact) mass is 364 g/mol. The Hall–Kier alpha value is -1.56. The molecule has 0 spiro atoms. The molecule has 2 aromatic heterocycles. The van der Waals surface area contributed by atoms with Gasteiger partial charge in [-0.05, 0) is 53.3 Å². The van der Waals surface area contributed by atoms with Gasteiger partial charge in [0, 0.05) is 12.4 Å². The number of fused-ring (bicyclic) bond motifs is 1. The SMILES string of the molecule is Cc1ccc2nc(COc3ccccc3I)cn2c1. The second-order valence-corrected chi connectivity index (χ2v) is 5.59. The molecule has 0 fully saturated rings. The molecule has 0 aliphatic heterocycles. The molecule has 0 saturated heterocycles. The average molecular weight is 364 g/mol. The van der Waals surface area contributed by atoms with Gasteiger partial charge >= 0.3 is 0 Å². The summed E-state index contributed by atoms with van der Waals surface area (Å²) in [7, 11) is 0. The Morgan fingerprint density at radius 3 is 2.84 bits per heavy atom. The quantitative estimate of drug-likeness (QED) is 0.661. The second-order valence-electron chi connectivity index (χ2n) is 4.42. The first-order chi connectivity index (χ1) is 9.22. The third kappa shape index (κ3) is 2.73. The molecule has 0 radical (unpaired) electrons. The molecule has 4 heteroatoms. The van der Waals surface area contributed by atoms with Crippen LogP contribution in [0.4, 0.5) is 0 Å². The summed E-state index contributed by atoms with van der Waals surface area (Å²) >= 11 is 2.27. The number of hydrogen-bond donors (Lipinski definition) is 0. The van der Waals surface area contributed by atoms with Crippen molar-refractivity contribution in [2.75, 3.05) is 0 Å². The molecule has 96 valence electrons. The smallest absolute Gasteiger partial charge is 0.137 e. The molecule has 0 bridgehead atoms. The molecule has 2 heterocycles. The minimum atomic E-state index is 0.487. The van der Waals surface area contributed by atoms with Crippen LogP contribution in [-0.4, -0.2) is 9.38 Å². The van der Waals surface area contributed by atoms with E-state index in [4.69, 9.17) is 4.74 Å². The summed E-state index contributed by atoms with van der Waals surface area (Å²) in [6.45, 7) is 2.56. The first-order valence-corrected chi connectivity index (χ1v) is 7.12. The van der Waals surface area contributed by atoms with Crippen molar-refractivity contribution in [3.63, 3.8) is 0 Å². The van der Waals surface area contributed by atoms with Crippen molar-refractivity contribution in [3.8, 4) is 5.75 Å². The topological polar surface area (TPSA) is 26.5 Å². The zero-order valence-electron chi connectivity index (χ0n) is 10.5. The van der Waals surface area contributed by atoms with Crippen LogP contribution < -0.4 is 4.74 Å². The highest BCUT2D eigenvalue weighted by Gasteiger charge is 2.04. The van der Waals surface area contributed by atoms with E-state index in [1.54, 1.807) is 0 Å². The van der Waals surface area contributed by atoms with Gasteiger partial charge in [-0.25, -0.2) is 4.98 Å². The Morgan fingerprint density at radius 2 is 2.00 bits per heavy atom. The fraction of sp³-hybridized carbons (Fsp3) is 0.133. The Morgan fingerprint density at radius 1 is 1.16 bits per heavy atom. The van der Waals surface area contributed by atoms with E-state index in [0.717, 1.165) is 20.7 Å². The molecule has 0 atom stereocenters. The van der Waals surface area contributed by atoms with E-state index < -0.39 is 0 Å². The van der Waals surface area contributed by atoms with E-state index >= 15 is 0 Å². The molecule has 0 amide bonds.